The van der Waals surface area contributed by atoms with E-state index >= 15 is 0 Å². The molecule has 0 atom stereocenters. The number of rotatable bonds is 6. The lowest BCUT2D eigenvalue weighted by Crippen LogP contribution is -2.29. The lowest BCUT2D eigenvalue weighted by atomic mass is 10.3. The fraction of sp³-hybridized carbons (Fsp3) is 0.455. The Hall–Kier alpha value is -1.11. The van der Waals surface area contributed by atoms with Crippen LogP contribution in [-0.2, 0) is 10.0 Å². The van der Waals surface area contributed by atoms with E-state index in [1.54, 1.807) is 19.2 Å². The van der Waals surface area contributed by atoms with Crippen molar-refractivity contribution < 1.29 is 13.2 Å². The first-order valence-corrected chi connectivity index (χ1v) is 6.77. The first-order valence-electron chi connectivity index (χ1n) is 5.33. The third kappa shape index (κ3) is 3.42. The first kappa shape index (κ1) is 14.0. The van der Waals surface area contributed by atoms with Gasteiger partial charge < -0.3 is 10.5 Å². The van der Waals surface area contributed by atoms with Crippen LogP contribution in [0.25, 0.3) is 0 Å². The maximum atomic E-state index is 12.1. The molecule has 2 N–H and O–H groups in total. The van der Waals surface area contributed by atoms with E-state index in [1.165, 1.54) is 23.5 Å². The molecule has 0 spiro atoms. The molecule has 0 aliphatic heterocycles. The Balaban J connectivity index is 2.88. The maximum absolute atomic E-state index is 12.1. The Morgan fingerprint density at radius 1 is 1.29 bits per heavy atom. The van der Waals surface area contributed by atoms with Crippen LogP contribution in [0.4, 0.5) is 0 Å². The second-order valence-corrected chi connectivity index (χ2v) is 5.69. The Kier molecular flexibility index (Phi) is 4.92. The Bertz CT molecular complexity index is 442. The van der Waals surface area contributed by atoms with Gasteiger partial charge in [0.15, 0.2) is 0 Å². The highest BCUT2D eigenvalue weighted by atomic mass is 32.2. The fourth-order valence-corrected chi connectivity index (χ4v) is 2.57. The van der Waals surface area contributed by atoms with Crippen molar-refractivity contribution in [2.24, 2.45) is 5.73 Å². The van der Waals surface area contributed by atoms with Gasteiger partial charge in [-0.2, -0.15) is 0 Å². The molecule has 0 aromatic heterocycles. The van der Waals surface area contributed by atoms with E-state index in [4.69, 9.17) is 10.5 Å². The summed E-state index contributed by atoms with van der Waals surface area (Å²) in [6, 6.07) is 6.33. The molecule has 0 unspecified atom stereocenters. The van der Waals surface area contributed by atoms with Gasteiger partial charge in [-0.3, -0.25) is 0 Å². The molecule has 0 aliphatic carbocycles. The normalized spacial score (nSPS) is 11.8. The summed E-state index contributed by atoms with van der Waals surface area (Å²) in [6.07, 6.45) is 0.645. The summed E-state index contributed by atoms with van der Waals surface area (Å²) in [5.41, 5.74) is 5.36. The van der Waals surface area contributed by atoms with Crippen molar-refractivity contribution >= 4 is 10.0 Å². The van der Waals surface area contributed by atoms with Crippen molar-refractivity contribution in [3.05, 3.63) is 24.3 Å². The third-order valence-electron chi connectivity index (χ3n) is 2.44. The quantitative estimate of drug-likeness (QED) is 0.813. The van der Waals surface area contributed by atoms with Crippen molar-refractivity contribution in [3.8, 4) is 5.75 Å². The summed E-state index contributed by atoms with van der Waals surface area (Å²) in [7, 11) is -0.325. The van der Waals surface area contributed by atoms with Gasteiger partial charge in [-0.05, 0) is 37.2 Å². The van der Waals surface area contributed by atoms with E-state index in [1.807, 2.05) is 0 Å². The largest absolute Gasteiger partial charge is 0.497 e. The van der Waals surface area contributed by atoms with Gasteiger partial charge in [0.25, 0.3) is 0 Å². The summed E-state index contributed by atoms with van der Waals surface area (Å²) >= 11 is 0. The lowest BCUT2D eigenvalue weighted by Gasteiger charge is -2.16. The molecule has 0 saturated carbocycles. The van der Waals surface area contributed by atoms with Gasteiger partial charge in [-0.1, -0.05) is 0 Å². The lowest BCUT2D eigenvalue weighted by molar-refractivity contribution is 0.414. The molecule has 0 radical (unpaired) electrons. The number of benzene rings is 1. The predicted octanol–water partition coefficient (Wildman–Crippen LogP) is 0.664. The molecule has 1 aromatic rings. The van der Waals surface area contributed by atoms with Crippen molar-refractivity contribution in [2.75, 3.05) is 27.2 Å². The average molecular weight is 258 g/mol. The van der Waals surface area contributed by atoms with Crippen molar-refractivity contribution in [3.63, 3.8) is 0 Å². The number of methoxy groups -OCH3 is 1. The fourth-order valence-electron chi connectivity index (χ4n) is 1.36. The highest BCUT2D eigenvalue weighted by Crippen LogP contribution is 2.18. The summed E-state index contributed by atoms with van der Waals surface area (Å²) in [4.78, 5) is 0.262. The van der Waals surface area contributed by atoms with Crippen molar-refractivity contribution in [1.82, 2.24) is 4.31 Å². The average Bonchev–Trinajstić information content (AvgIpc) is 2.35. The Morgan fingerprint density at radius 2 is 1.88 bits per heavy atom. The number of hydrogen-bond donors (Lipinski definition) is 1. The molecule has 5 nitrogen and oxygen atoms in total. The predicted molar refractivity (Wildman–Crippen MR) is 66.5 cm³/mol. The van der Waals surface area contributed by atoms with E-state index in [0.717, 1.165) is 0 Å². The van der Waals surface area contributed by atoms with Crippen LogP contribution >= 0.6 is 0 Å². The molecule has 1 rings (SSSR count). The number of ether oxygens (including phenoxy) is 1. The van der Waals surface area contributed by atoms with E-state index < -0.39 is 10.0 Å². The van der Waals surface area contributed by atoms with Gasteiger partial charge in [0.2, 0.25) is 10.0 Å². The second-order valence-electron chi connectivity index (χ2n) is 3.64. The van der Waals surface area contributed by atoms with Crippen molar-refractivity contribution in [2.45, 2.75) is 11.3 Å². The monoisotopic (exact) mass is 258 g/mol. The summed E-state index contributed by atoms with van der Waals surface area (Å²) < 4.78 is 30.5. The standard InChI is InChI=1S/C11H18N2O3S/c1-13(9-3-8-12)17(14,15)11-6-4-10(16-2)5-7-11/h4-7H,3,8-9,12H2,1-2H3. The molecule has 0 amide bonds. The number of nitrogens with two attached hydrogens (primary N) is 1. The molecule has 96 valence electrons. The van der Waals surface area contributed by atoms with Crippen LogP contribution in [-0.4, -0.2) is 40.0 Å². The van der Waals surface area contributed by atoms with E-state index in [-0.39, 0.29) is 4.90 Å². The Labute approximate surface area is 102 Å². The van der Waals surface area contributed by atoms with Crippen LogP contribution in [0.3, 0.4) is 0 Å². The van der Waals surface area contributed by atoms with Crippen LogP contribution in [0, 0.1) is 0 Å². The van der Waals surface area contributed by atoms with Gasteiger partial charge in [-0.15, -0.1) is 0 Å². The summed E-state index contributed by atoms with van der Waals surface area (Å²) in [6.45, 7) is 0.896. The molecule has 0 heterocycles. The van der Waals surface area contributed by atoms with Gasteiger partial charge in [-0.25, -0.2) is 12.7 Å². The van der Waals surface area contributed by atoms with E-state index in [0.29, 0.717) is 25.3 Å². The minimum Gasteiger partial charge on any atom is -0.497 e. The number of sulfonamides is 1. The van der Waals surface area contributed by atoms with E-state index in [2.05, 4.69) is 0 Å². The van der Waals surface area contributed by atoms with Gasteiger partial charge in [0.1, 0.15) is 5.75 Å². The van der Waals surface area contributed by atoms with E-state index in [9.17, 15) is 8.42 Å². The molecule has 17 heavy (non-hydrogen) atoms. The minimum atomic E-state index is -3.41. The second kappa shape index (κ2) is 6.00. The van der Waals surface area contributed by atoms with Gasteiger partial charge >= 0.3 is 0 Å². The molecule has 1 aromatic carbocycles. The number of nitrogens with zero attached hydrogens (tertiary/aromatic N) is 1. The molecule has 0 aliphatic rings. The van der Waals surface area contributed by atoms with Crippen LogP contribution in [0.5, 0.6) is 5.75 Å². The molecule has 0 saturated heterocycles. The van der Waals surface area contributed by atoms with Crippen LogP contribution < -0.4 is 10.5 Å². The van der Waals surface area contributed by atoms with Crippen molar-refractivity contribution in [1.29, 1.82) is 0 Å². The SMILES string of the molecule is COc1ccc(S(=O)(=O)N(C)CCCN)cc1. The zero-order valence-corrected chi connectivity index (χ0v) is 10.9. The maximum Gasteiger partial charge on any atom is 0.242 e. The van der Waals surface area contributed by atoms with Gasteiger partial charge in [0.05, 0.1) is 12.0 Å². The molecule has 6 heteroatoms. The Morgan fingerprint density at radius 3 is 2.35 bits per heavy atom. The smallest absolute Gasteiger partial charge is 0.242 e. The molecule has 0 bridgehead atoms. The molecular formula is C11H18N2O3S. The third-order valence-corrected chi connectivity index (χ3v) is 4.32. The van der Waals surface area contributed by atoms with Crippen LogP contribution in [0.2, 0.25) is 0 Å². The van der Waals surface area contributed by atoms with Crippen LogP contribution in [0.15, 0.2) is 29.2 Å². The zero-order chi connectivity index (χ0) is 12.9. The molecule has 0 fully saturated rings. The minimum absolute atomic E-state index is 0.262. The topological polar surface area (TPSA) is 72.6 Å². The zero-order valence-electron chi connectivity index (χ0n) is 10.1. The molecular weight excluding hydrogens is 240 g/mol. The first-order chi connectivity index (χ1) is 8.02. The highest BCUT2D eigenvalue weighted by molar-refractivity contribution is 7.89. The van der Waals surface area contributed by atoms with Crippen LogP contribution in [0.1, 0.15) is 6.42 Å². The van der Waals surface area contributed by atoms with Gasteiger partial charge in [0, 0.05) is 13.6 Å². The number of hydrogen-bond acceptors (Lipinski definition) is 4. The summed E-state index contributed by atoms with van der Waals surface area (Å²) in [5, 5.41) is 0. The highest BCUT2D eigenvalue weighted by Gasteiger charge is 2.19. The summed E-state index contributed by atoms with van der Waals surface area (Å²) in [5.74, 6) is 0.633.